The summed E-state index contributed by atoms with van der Waals surface area (Å²) in [6, 6.07) is 5.39. The van der Waals surface area contributed by atoms with E-state index in [4.69, 9.17) is 23.2 Å². The Labute approximate surface area is 188 Å². The largest absolute Gasteiger partial charge is 0.355 e. The smallest absolute Gasteiger partial charge is 0.251 e. The van der Waals surface area contributed by atoms with Crippen LogP contribution in [0.4, 0.5) is 0 Å². The molecular weight excluding hydrogens is 500 g/mol. The second-order valence-corrected chi connectivity index (χ2v) is 7.00. The number of carbonyl (C=O) groups excluding carboxylic acids is 1. The third-order valence-electron chi connectivity index (χ3n) is 4.52. The highest BCUT2D eigenvalue weighted by atomic mass is 127. The van der Waals surface area contributed by atoms with Crippen molar-refractivity contribution in [1.29, 1.82) is 0 Å². The molecule has 0 radical (unpaired) electrons. The lowest BCUT2D eigenvalue weighted by atomic mass is 10.2. The average Bonchev–Trinajstić information content (AvgIpc) is 3.10. The van der Waals surface area contributed by atoms with E-state index in [0.717, 1.165) is 19.0 Å². The molecule has 1 unspecified atom stereocenters. The lowest BCUT2D eigenvalue weighted by Gasteiger charge is -2.24. The van der Waals surface area contributed by atoms with E-state index >= 15 is 0 Å². The number of hydrogen-bond acceptors (Lipinski definition) is 3. The maximum atomic E-state index is 12.1. The number of carbonyl (C=O) groups is 1. The fraction of sp³-hybridized carbons (Fsp3) is 0.556. The summed E-state index contributed by atoms with van der Waals surface area (Å²) in [7, 11) is 1.75. The predicted octanol–water partition coefficient (Wildman–Crippen LogP) is 2.99. The third-order valence-corrected chi connectivity index (χ3v) is 5.26. The zero-order valence-electron chi connectivity index (χ0n) is 15.7. The van der Waals surface area contributed by atoms with Crippen LogP contribution in [0.15, 0.2) is 23.2 Å². The summed E-state index contributed by atoms with van der Waals surface area (Å²) in [6.07, 6.45) is 2.48. The number of rotatable bonds is 7. The fourth-order valence-corrected chi connectivity index (χ4v) is 3.37. The molecule has 1 aliphatic rings. The Morgan fingerprint density at radius 2 is 1.96 bits per heavy atom. The van der Waals surface area contributed by atoms with E-state index in [2.05, 4.69) is 32.8 Å². The topological polar surface area (TPSA) is 68.8 Å². The Morgan fingerprint density at radius 3 is 2.63 bits per heavy atom. The van der Waals surface area contributed by atoms with Gasteiger partial charge < -0.3 is 16.0 Å². The molecule has 0 aromatic heterocycles. The first-order valence-electron chi connectivity index (χ1n) is 8.97. The van der Waals surface area contributed by atoms with Gasteiger partial charge in [0.05, 0.1) is 10.0 Å². The van der Waals surface area contributed by atoms with Crippen molar-refractivity contribution in [3.8, 4) is 0 Å². The average molecular weight is 528 g/mol. The standard InChI is InChI=1S/C18H27Cl2N5O.HI/c1-3-25-10-4-5-14(25)12-24-18(21-2)23-9-8-22-17(26)13-6-7-15(19)16(20)11-13;/h6-7,11,14H,3-5,8-10,12H2,1-2H3,(H,22,26)(H2,21,23,24);1H. The van der Waals surface area contributed by atoms with Gasteiger partial charge in [-0.05, 0) is 44.1 Å². The van der Waals surface area contributed by atoms with Gasteiger partial charge in [-0.1, -0.05) is 30.1 Å². The van der Waals surface area contributed by atoms with E-state index < -0.39 is 0 Å². The number of aliphatic imine (C=N–C) groups is 1. The molecule has 1 atom stereocenters. The number of likely N-dealkylation sites (N-methyl/N-ethyl adjacent to an activating group) is 1. The molecule has 1 saturated heterocycles. The first-order valence-corrected chi connectivity index (χ1v) is 9.72. The van der Waals surface area contributed by atoms with Gasteiger partial charge in [-0.2, -0.15) is 0 Å². The van der Waals surface area contributed by atoms with E-state index in [9.17, 15) is 4.79 Å². The van der Waals surface area contributed by atoms with Crippen LogP contribution in [0, 0.1) is 0 Å². The second kappa shape index (κ2) is 12.6. The van der Waals surface area contributed by atoms with Crippen LogP contribution in [0.1, 0.15) is 30.1 Å². The highest BCUT2D eigenvalue weighted by Gasteiger charge is 2.22. The first kappa shape index (κ1) is 24.3. The van der Waals surface area contributed by atoms with Crippen molar-refractivity contribution in [3.63, 3.8) is 0 Å². The molecule has 6 nitrogen and oxygen atoms in total. The molecule has 152 valence electrons. The lowest BCUT2D eigenvalue weighted by Crippen LogP contribution is -2.46. The van der Waals surface area contributed by atoms with Gasteiger partial charge in [-0.25, -0.2) is 0 Å². The van der Waals surface area contributed by atoms with Crippen LogP contribution in [0.3, 0.4) is 0 Å². The van der Waals surface area contributed by atoms with Gasteiger partial charge in [0.25, 0.3) is 5.91 Å². The summed E-state index contributed by atoms with van der Waals surface area (Å²) >= 11 is 11.8. The number of guanidine groups is 1. The molecule has 0 saturated carbocycles. The molecule has 3 N–H and O–H groups in total. The van der Waals surface area contributed by atoms with Gasteiger partial charge in [0, 0.05) is 38.3 Å². The number of halogens is 3. The Kier molecular flexibility index (Phi) is 11.4. The molecular formula is C18H28Cl2IN5O. The summed E-state index contributed by atoms with van der Waals surface area (Å²) in [4.78, 5) is 18.8. The molecule has 0 spiro atoms. The molecule has 1 aromatic carbocycles. The Bertz CT molecular complexity index is 644. The Balaban J connectivity index is 0.00000364. The van der Waals surface area contributed by atoms with Gasteiger partial charge in [-0.3, -0.25) is 14.7 Å². The number of amides is 1. The minimum atomic E-state index is -0.183. The number of benzene rings is 1. The minimum absolute atomic E-state index is 0. The van der Waals surface area contributed by atoms with E-state index in [-0.39, 0.29) is 29.9 Å². The van der Waals surface area contributed by atoms with E-state index in [1.807, 2.05) is 0 Å². The molecule has 2 rings (SSSR count). The van der Waals surface area contributed by atoms with Crippen LogP contribution in [0.5, 0.6) is 0 Å². The van der Waals surface area contributed by atoms with Crippen LogP contribution >= 0.6 is 47.2 Å². The first-order chi connectivity index (χ1) is 12.5. The van der Waals surface area contributed by atoms with Gasteiger partial charge in [0.1, 0.15) is 0 Å². The SMILES string of the molecule is CCN1CCCC1CNC(=NC)NCCNC(=O)c1ccc(Cl)c(Cl)c1.I. The van der Waals surface area contributed by atoms with Crippen LogP contribution in [-0.4, -0.2) is 62.6 Å². The maximum Gasteiger partial charge on any atom is 0.251 e. The van der Waals surface area contributed by atoms with Crippen molar-refractivity contribution in [2.45, 2.75) is 25.8 Å². The van der Waals surface area contributed by atoms with Crippen LogP contribution < -0.4 is 16.0 Å². The molecule has 27 heavy (non-hydrogen) atoms. The summed E-state index contributed by atoms with van der Waals surface area (Å²) in [6.45, 7) is 6.39. The van der Waals surface area contributed by atoms with E-state index in [0.29, 0.717) is 34.7 Å². The van der Waals surface area contributed by atoms with Crippen LogP contribution in [0.25, 0.3) is 0 Å². The van der Waals surface area contributed by atoms with Crippen molar-refractivity contribution < 1.29 is 4.79 Å². The van der Waals surface area contributed by atoms with Gasteiger partial charge >= 0.3 is 0 Å². The fourth-order valence-electron chi connectivity index (χ4n) is 3.07. The van der Waals surface area contributed by atoms with Crippen molar-refractivity contribution in [2.24, 2.45) is 4.99 Å². The number of nitrogens with one attached hydrogen (secondary N) is 3. The predicted molar refractivity (Wildman–Crippen MR) is 124 cm³/mol. The minimum Gasteiger partial charge on any atom is -0.355 e. The normalized spacial score (nSPS) is 17.3. The summed E-state index contributed by atoms with van der Waals surface area (Å²) in [5.74, 6) is 0.564. The zero-order chi connectivity index (χ0) is 18.9. The maximum absolute atomic E-state index is 12.1. The van der Waals surface area contributed by atoms with E-state index in [1.54, 1.807) is 25.2 Å². The van der Waals surface area contributed by atoms with Crippen molar-refractivity contribution >= 4 is 59.0 Å². The quantitative estimate of drug-likeness (QED) is 0.221. The van der Waals surface area contributed by atoms with Crippen molar-refractivity contribution in [3.05, 3.63) is 33.8 Å². The molecule has 0 aliphatic carbocycles. The molecule has 1 amide bonds. The van der Waals surface area contributed by atoms with Gasteiger partial charge in [-0.15, -0.1) is 24.0 Å². The van der Waals surface area contributed by atoms with Crippen LogP contribution in [-0.2, 0) is 0 Å². The summed E-state index contributed by atoms with van der Waals surface area (Å²) in [5, 5.41) is 10.2. The Hall–Kier alpha value is -0.770. The molecule has 9 heteroatoms. The summed E-state index contributed by atoms with van der Waals surface area (Å²) < 4.78 is 0. The second-order valence-electron chi connectivity index (χ2n) is 6.19. The molecule has 1 aliphatic heterocycles. The summed E-state index contributed by atoms with van der Waals surface area (Å²) in [5.41, 5.74) is 0.489. The highest BCUT2D eigenvalue weighted by Crippen LogP contribution is 2.22. The number of likely N-dealkylation sites (tertiary alicyclic amines) is 1. The Morgan fingerprint density at radius 1 is 1.22 bits per heavy atom. The lowest BCUT2D eigenvalue weighted by molar-refractivity contribution is 0.0954. The van der Waals surface area contributed by atoms with Crippen LogP contribution in [0.2, 0.25) is 10.0 Å². The molecule has 0 bridgehead atoms. The van der Waals surface area contributed by atoms with Gasteiger partial charge in [0.15, 0.2) is 5.96 Å². The van der Waals surface area contributed by atoms with Gasteiger partial charge in [0.2, 0.25) is 0 Å². The number of hydrogen-bond donors (Lipinski definition) is 3. The molecule has 1 heterocycles. The van der Waals surface area contributed by atoms with E-state index in [1.165, 1.54) is 19.4 Å². The monoisotopic (exact) mass is 527 g/mol. The number of nitrogens with zero attached hydrogens (tertiary/aromatic N) is 2. The third kappa shape index (κ3) is 7.63. The van der Waals surface area contributed by atoms with Crippen molar-refractivity contribution in [1.82, 2.24) is 20.9 Å². The molecule has 1 aromatic rings. The molecule has 1 fully saturated rings. The zero-order valence-corrected chi connectivity index (χ0v) is 19.6. The highest BCUT2D eigenvalue weighted by molar-refractivity contribution is 14.0. The van der Waals surface area contributed by atoms with Crippen molar-refractivity contribution in [2.75, 3.05) is 39.8 Å².